The van der Waals surface area contributed by atoms with Gasteiger partial charge in [-0.15, -0.1) is 0 Å². The molecule has 7 N–H and O–H groups in total. The molecule has 0 radical (unpaired) electrons. The largest absolute Gasteiger partial charge is 0.394 e. The van der Waals surface area contributed by atoms with E-state index in [0.717, 1.165) is 56.8 Å². The normalized spacial score (nSPS) is 21.8. The summed E-state index contributed by atoms with van der Waals surface area (Å²) in [5.41, 5.74) is 0. The number of hydrogen-bond donors (Lipinski definition) is 7. The number of nitrogens with one attached hydrogen (secondary N) is 1. The lowest BCUT2D eigenvalue weighted by molar-refractivity contribution is -0.302. The van der Waals surface area contributed by atoms with Gasteiger partial charge >= 0.3 is 0 Å². The lowest BCUT2D eigenvalue weighted by atomic mass is 9.99. The van der Waals surface area contributed by atoms with Crippen molar-refractivity contribution in [3.05, 3.63) is 12.2 Å². The van der Waals surface area contributed by atoms with Crippen molar-refractivity contribution in [2.45, 2.75) is 256 Å². The highest BCUT2D eigenvalue weighted by molar-refractivity contribution is 5.80. The van der Waals surface area contributed by atoms with Crippen LogP contribution in [0.5, 0.6) is 0 Å². The molecular weight excluding hydrogens is 723 g/mol. The van der Waals surface area contributed by atoms with E-state index in [1.807, 2.05) is 6.08 Å². The maximum absolute atomic E-state index is 13.0. The molecular formula is C47H91NO9. The van der Waals surface area contributed by atoms with Gasteiger partial charge in [-0.25, -0.2) is 0 Å². The van der Waals surface area contributed by atoms with Gasteiger partial charge in [-0.1, -0.05) is 200 Å². The first-order valence-corrected chi connectivity index (χ1v) is 23.7. The molecule has 0 saturated carbocycles. The van der Waals surface area contributed by atoms with Gasteiger partial charge in [0.05, 0.1) is 25.4 Å². The van der Waals surface area contributed by atoms with Gasteiger partial charge in [-0.05, 0) is 31.1 Å². The van der Waals surface area contributed by atoms with Gasteiger partial charge in [-0.2, -0.15) is 0 Å². The molecule has 0 spiro atoms. The molecule has 1 saturated heterocycles. The molecule has 1 amide bonds. The van der Waals surface area contributed by atoms with Gasteiger partial charge in [0, 0.05) is 0 Å². The van der Waals surface area contributed by atoms with Crippen molar-refractivity contribution in [3.63, 3.8) is 0 Å². The summed E-state index contributed by atoms with van der Waals surface area (Å²) in [6.07, 6.45) is 27.4. The number of hydrogen-bond acceptors (Lipinski definition) is 9. The fourth-order valence-corrected chi connectivity index (χ4v) is 7.65. The van der Waals surface area contributed by atoms with Crippen molar-refractivity contribution >= 4 is 5.91 Å². The maximum Gasteiger partial charge on any atom is 0.249 e. The summed E-state index contributed by atoms with van der Waals surface area (Å²) >= 11 is 0. The van der Waals surface area contributed by atoms with Gasteiger partial charge in [0.2, 0.25) is 5.91 Å². The van der Waals surface area contributed by atoms with Gasteiger partial charge < -0.3 is 45.4 Å². The molecule has 1 fully saturated rings. The Hall–Kier alpha value is -1.11. The molecule has 1 unspecified atom stereocenters. The topological polar surface area (TPSA) is 169 Å². The van der Waals surface area contributed by atoms with E-state index in [1.54, 1.807) is 6.08 Å². The summed E-state index contributed by atoms with van der Waals surface area (Å²) in [6.45, 7) is 8.25. The first-order valence-electron chi connectivity index (χ1n) is 23.7. The highest BCUT2D eigenvalue weighted by Gasteiger charge is 2.44. The number of amides is 1. The van der Waals surface area contributed by atoms with E-state index in [2.05, 4.69) is 33.0 Å². The van der Waals surface area contributed by atoms with E-state index in [4.69, 9.17) is 9.47 Å². The molecule has 1 heterocycles. The highest BCUT2D eigenvalue weighted by Crippen LogP contribution is 2.23. The van der Waals surface area contributed by atoms with Crippen LogP contribution in [0.15, 0.2) is 12.2 Å². The quantitative estimate of drug-likeness (QED) is 0.0238. The second kappa shape index (κ2) is 35.6. The standard InChI is InChI=1S/C47H91NO9/c1-37(2)31-27-23-19-15-12-10-8-6-5-7-9-11-13-17-22-26-30-34-41(51)46(55)48-39(36-56-47-45(54)44(53)43(52)42(35-49)57-47)40(50)33-29-25-21-18-14-16-20-24-28-32-38(3)4/h29,33,37-45,47,49-54H,5-28,30-32,34-36H2,1-4H3,(H,48,55)/b33-29+/t39-,40+,41?,42+,43+,44-,45+,47+/m0/s1. The van der Waals surface area contributed by atoms with Gasteiger partial charge in [0.25, 0.3) is 0 Å². The van der Waals surface area contributed by atoms with Crippen LogP contribution in [0.25, 0.3) is 0 Å². The zero-order chi connectivity index (χ0) is 42.1. The number of ether oxygens (including phenoxy) is 2. The highest BCUT2D eigenvalue weighted by atomic mass is 16.7. The van der Waals surface area contributed by atoms with E-state index in [-0.39, 0.29) is 6.61 Å². The van der Waals surface area contributed by atoms with Gasteiger partial charge in [0.1, 0.15) is 30.5 Å². The van der Waals surface area contributed by atoms with E-state index in [9.17, 15) is 35.4 Å². The van der Waals surface area contributed by atoms with Crippen molar-refractivity contribution in [2.75, 3.05) is 13.2 Å². The average Bonchev–Trinajstić information content (AvgIpc) is 3.18. The Morgan fingerprint density at radius 1 is 0.596 bits per heavy atom. The summed E-state index contributed by atoms with van der Waals surface area (Å²) in [4.78, 5) is 13.0. The van der Waals surface area contributed by atoms with Crippen molar-refractivity contribution in [3.8, 4) is 0 Å². The molecule has 0 aromatic rings. The van der Waals surface area contributed by atoms with Crippen molar-refractivity contribution in [2.24, 2.45) is 11.8 Å². The van der Waals surface area contributed by atoms with Crippen molar-refractivity contribution in [1.82, 2.24) is 5.32 Å². The van der Waals surface area contributed by atoms with Gasteiger partial charge in [0.15, 0.2) is 6.29 Å². The minimum absolute atomic E-state index is 0.303. The number of aliphatic hydroxyl groups is 6. The lowest BCUT2D eigenvalue weighted by Gasteiger charge is -2.40. The molecule has 8 atom stereocenters. The van der Waals surface area contributed by atoms with Crippen LogP contribution in [-0.4, -0.2) is 98.7 Å². The molecule has 10 heteroatoms. The third kappa shape index (κ3) is 28.1. The molecule has 10 nitrogen and oxygen atoms in total. The molecule has 1 aliphatic heterocycles. The minimum Gasteiger partial charge on any atom is -0.394 e. The van der Waals surface area contributed by atoms with E-state index in [0.29, 0.717) is 6.42 Å². The average molecular weight is 814 g/mol. The zero-order valence-electron chi connectivity index (χ0n) is 37.0. The molecule has 0 bridgehead atoms. The van der Waals surface area contributed by atoms with E-state index in [1.165, 1.54) is 128 Å². The first kappa shape index (κ1) is 53.9. The minimum atomic E-state index is -1.61. The number of carbonyl (C=O) groups excluding carboxylic acids is 1. The summed E-state index contributed by atoms with van der Waals surface area (Å²) in [5, 5.41) is 64.6. The molecule has 0 aliphatic carbocycles. The Labute approximate surface area is 349 Å². The van der Waals surface area contributed by atoms with Gasteiger partial charge in [-0.3, -0.25) is 4.79 Å². The Kier molecular flexibility index (Phi) is 33.7. The number of aliphatic hydroxyl groups excluding tert-OH is 6. The predicted molar refractivity (Wildman–Crippen MR) is 232 cm³/mol. The number of unbranched alkanes of at least 4 members (excludes halogenated alkanes) is 23. The number of carbonyl (C=O) groups is 1. The Bertz CT molecular complexity index is 948. The lowest BCUT2D eigenvalue weighted by Crippen LogP contribution is -2.60. The third-order valence-electron chi connectivity index (χ3n) is 11.6. The summed E-state index contributed by atoms with van der Waals surface area (Å²) < 4.78 is 11.1. The molecule has 0 aromatic heterocycles. The third-order valence-corrected chi connectivity index (χ3v) is 11.6. The van der Waals surface area contributed by atoms with Crippen LogP contribution in [0, 0.1) is 11.8 Å². The van der Waals surface area contributed by atoms with Crippen LogP contribution in [-0.2, 0) is 14.3 Å². The van der Waals surface area contributed by atoms with Crippen LogP contribution in [0.1, 0.15) is 207 Å². The first-order chi connectivity index (χ1) is 27.5. The van der Waals surface area contributed by atoms with Crippen LogP contribution in [0.3, 0.4) is 0 Å². The monoisotopic (exact) mass is 814 g/mol. The van der Waals surface area contributed by atoms with Crippen LogP contribution < -0.4 is 5.32 Å². The predicted octanol–water partition coefficient (Wildman–Crippen LogP) is 8.80. The second-order valence-electron chi connectivity index (χ2n) is 18.0. The molecule has 338 valence electrons. The van der Waals surface area contributed by atoms with Crippen molar-refractivity contribution in [1.29, 1.82) is 0 Å². The Morgan fingerprint density at radius 3 is 1.42 bits per heavy atom. The number of rotatable bonds is 38. The van der Waals surface area contributed by atoms with E-state index < -0.39 is 61.5 Å². The Morgan fingerprint density at radius 2 is 1.00 bits per heavy atom. The summed E-state index contributed by atoms with van der Waals surface area (Å²) in [6, 6.07) is -0.976. The van der Waals surface area contributed by atoms with Crippen LogP contribution >= 0.6 is 0 Å². The fourth-order valence-electron chi connectivity index (χ4n) is 7.65. The number of allylic oxidation sites excluding steroid dienone is 1. The fraction of sp³-hybridized carbons (Fsp3) is 0.936. The van der Waals surface area contributed by atoms with E-state index >= 15 is 0 Å². The molecule has 57 heavy (non-hydrogen) atoms. The second-order valence-corrected chi connectivity index (χ2v) is 18.0. The molecule has 1 aliphatic rings. The Balaban J connectivity index is 2.35. The zero-order valence-corrected chi connectivity index (χ0v) is 37.0. The smallest absolute Gasteiger partial charge is 0.249 e. The van der Waals surface area contributed by atoms with Crippen LogP contribution in [0.4, 0.5) is 0 Å². The molecule has 0 aromatic carbocycles. The SMILES string of the molecule is CC(C)CCCCCCCCC/C=C/[C@@H](O)[C@H](CO[C@@H]1O[C@H](CO)[C@@H](O)[C@H](O)[C@H]1O)NC(=O)C(O)CCCCCCCCCCCCCCCCCCCC(C)C. The van der Waals surface area contributed by atoms with Crippen molar-refractivity contribution < 1.29 is 44.9 Å². The maximum atomic E-state index is 13.0. The van der Waals surface area contributed by atoms with Crippen LogP contribution in [0.2, 0.25) is 0 Å². The molecule has 1 rings (SSSR count). The summed E-state index contributed by atoms with van der Waals surface area (Å²) in [5.74, 6) is 0.990. The summed E-state index contributed by atoms with van der Waals surface area (Å²) in [7, 11) is 0.